The van der Waals surface area contributed by atoms with Gasteiger partial charge in [-0.15, -0.1) is 0 Å². The Hall–Kier alpha value is -0.650. The van der Waals surface area contributed by atoms with Gasteiger partial charge in [0.05, 0.1) is 7.11 Å². The van der Waals surface area contributed by atoms with Crippen molar-refractivity contribution in [3.63, 3.8) is 0 Å². The Morgan fingerprint density at radius 3 is 2.71 bits per heavy atom. The third kappa shape index (κ3) is 3.41. The van der Waals surface area contributed by atoms with E-state index in [0.717, 1.165) is 45.3 Å². The number of nitrogens with zero attached hydrogens (tertiary/aromatic N) is 2. The first-order valence-corrected chi connectivity index (χ1v) is 8.14. The van der Waals surface area contributed by atoms with Crippen molar-refractivity contribution in [2.75, 3.05) is 40.8 Å². The van der Waals surface area contributed by atoms with Gasteiger partial charge in [-0.3, -0.25) is 4.79 Å². The second-order valence-corrected chi connectivity index (χ2v) is 7.18. The second-order valence-electron chi connectivity index (χ2n) is 7.18. The highest BCUT2D eigenvalue weighted by molar-refractivity contribution is 5.81. The van der Waals surface area contributed by atoms with Crippen molar-refractivity contribution in [2.45, 2.75) is 44.2 Å². The Morgan fingerprint density at radius 1 is 1.43 bits per heavy atom. The maximum Gasteiger partial charge on any atom is 0.326 e. The van der Waals surface area contributed by atoms with Gasteiger partial charge in [0.15, 0.2) is 0 Å². The normalized spacial score (nSPS) is 37.3. The first-order chi connectivity index (χ1) is 9.88. The van der Waals surface area contributed by atoms with Crippen LogP contribution in [0.3, 0.4) is 0 Å². The zero-order valence-electron chi connectivity index (χ0n) is 14.0. The van der Waals surface area contributed by atoms with Gasteiger partial charge in [0.2, 0.25) is 0 Å². The van der Waals surface area contributed by atoms with Gasteiger partial charge in [-0.2, -0.15) is 0 Å². The average molecular weight is 297 g/mol. The molecule has 21 heavy (non-hydrogen) atoms. The fraction of sp³-hybridized carbons (Fsp3) is 0.938. The molecule has 0 spiro atoms. The highest BCUT2D eigenvalue weighted by Gasteiger charge is 2.46. The Kier molecular flexibility index (Phi) is 5.28. The van der Waals surface area contributed by atoms with Crippen LogP contribution < -0.4 is 5.73 Å². The summed E-state index contributed by atoms with van der Waals surface area (Å²) < 4.78 is 4.92. The fourth-order valence-electron chi connectivity index (χ4n) is 4.20. The molecule has 0 aromatic heterocycles. The van der Waals surface area contributed by atoms with Crippen LogP contribution >= 0.6 is 0 Å². The number of likely N-dealkylation sites (tertiary alicyclic amines) is 1. The first kappa shape index (κ1) is 16.7. The standard InChI is InChI=1S/C16H31N3O2/c1-12-10-19(11-14(12)18(2)3)9-7-13-6-5-8-16(13,17)15(20)21-4/h12-14H,5-11,17H2,1-4H3. The first-order valence-electron chi connectivity index (χ1n) is 8.14. The van der Waals surface area contributed by atoms with E-state index in [0.29, 0.717) is 12.0 Å². The lowest BCUT2D eigenvalue weighted by atomic mass is 9.85. The molecule has 0 aromatic rings. The highest BCUT2D eigenvalue weighted by atomic mass is 16.5. The molecule has 1 saturated carbocycles. The van der Waals surface area contributed by atoms with Gasteiger partial charge in [0, 0.05) is 19.1 Å². The Balaban J connectivity index is 1.87. The van der Waals surface area contributed by atoms with Gasteiger partial charge < -0.3 is 20.3 Å². The minimum Gasteiger partial charge on any atom is -0.468 e. The summed E-state index contributed by atoms with van der Waals surface area (Å²) in [6.07, 6.45) is 3.85. The summed E-state index contributed by atoms with van der Waals surface area (Å²) >= 11 is 0. The zero-order chi connectivity index (χ0) is 15.6. The Morgan fingerprint density at radius 2 is 2.14 bits per heavy atom. The van der Waals surface area contributed by atoms with Gasteiger partial charge in [-0.05, 0) is 51.7 Å². The predicted molar refractivity (Wildman–Crippen MR) is 84.0 cm³/mol. The molecular formula is C16H31N3O2. The van der Waals surface area contributed by atoms with E-state index in [1.54, 1.807) is 0 Å². The van der Waals surface area contributed by atoms with Gasteiger partial charge in [-0.25, -0.2) is 0 Å². The molecule has 2 fully saturated rings. The molecule has 4 atom stereocenters. The molecule has 0 amide bonds. The summed E-state index contributed by atoms with van der Waals surface area (Å²) in [5, 5.41) is 0. The van der Waals surface area contributed by atoms with Gasteiger partial charge in [0.25, 0.3) is 0 Å². The van der Waals surface area contributed by atoms with E-state index < -0.39 is 5.54 Å². The maximum atomic E-state index is 12.0. The van der Waals surface area contributed by atoms with Crippen molar-refractivity contribution in [1.29, 1.82) is 0 Å². The molecule has 4 unspecified atom stereocenters. The number of hydrogen-bond donors (Lipinski definition) is 1. The van der Waals surface area contributed by atoms with Crippen LogP contribution in [0.15, 0.2) is 0 Å². The minimum atomic E-state index is -0.749. The minimum absolute atomic E-state index is 0.231. The molecular weight excluding hydrogens is 266 g/mol. The van der Waals surface area contributed by atoms with Crippen LogP contribution in [0.25, 0.3) is 0 Å². The topological polar surface area (TPSA) is 58.8 Å². The molecule has 1 aliphatic carbocycles. The van der Waals surface area contributed by atoms with Crippen LogP contribution in [0.2, 0.25) is 0 Å². The third-order valence-electron chi connectivity index (χ3n) is 5.54. The molecule has 2 N–H and O–H groups in total. The van der Waals surface area contributed by atoms with Crippen LogP contribution in [-0.4, -0.2) is 68.2 Å². The molecule has 5 heteroatoms. The quantitative estimate of drug-likeness (QED) is 0.765. The van der Waals surface area contributed by atoms with Crippen LogP contribution in [0, 0.1) is 11.8 Å². The summed E-state index contributed by atoms with van der Waals surface area (Å²) in [6.45, 7) is 5.62. The van der Waals surface area contributed by atoms with Crippen LogP contribution in [0.1, 0.15) is 32.6 Å². The lowest BCUT2D eigenvalue weighted by Gasteiger charge is -2.30. The Bertz CT molecular complexity index is 375. The number of rotatable bonds is 5. The van der Waals surface area contributed by atoms with Crippen molar-refractivity contribution < 1.29 is 9.53 Å². The number of esters is 1. The summed E-state index contributed by atoms with van der Waals surface area (Å²) in [5.41, 5.74) is 5.59. The molecule has 0 aromatic carbocycles. The molecule has 2 aliphatic rings. The number of carbonyl (C=O) groups excluding carboxylic acids is 1. The van der Waals surface area contributed by atoms with Gasteiger partial charge in [0.1, 0.15) is 5.54 Å². The molecule has 0 bridgehead atoms. The second kappa shape index (κ2) is 6.63. The summed E-state index contributed by atoms with van der Waals surface area (Å²) in [7, 11) is 5.75. The SMILES string of the molecule is COC(=O)C1(N)CCCC1CCN1CC(C)C(N(C)C)C1. The number of methoxy groups -OCH3 is 1. The molecule has 1 aliphatic heterocycles. The smallest absolute Gasteiger partial charge is 0.326 e. The molecule has 122 valence electrons. The number of nitrogens with two attached hydrogens (primary N) is 1. The number of ether oxygens (including phenoxy) is 1. The monoisotopic (exact) mass is 297 g/mol. The van der Waals surface area contributed by atoms with E-state index >= 15 is 0 Å². The van der Waals surface area contributed by atoms with E-state index in [-0.39, 0.29) is 11.9 Å². The molecule has 0 radical (unpaired) electrons. The highest BCUT2D eigenvalue weighted by Crippen LogP contribution is 2.37. The van der Waals surface area contributed by atoms with E-state index in [1.807, 2.05) is 0 Å². The number of carbonyl (C=O) groups is 1. The molecule has 1 saturated heterocycles. The van der Waals surface area contributed by atoms with Crippen molar-refractivity contribution >= 4 is 5.97 Å². The Labute approximate surface area is 128 Å². The summed E-state index contributed by atoms with van der Waals surface area (Å²) in [4.78, 5) is 16.8. The van der Waals surface area contributed by atoms with Crippen LogP contribution in [0.5, 0.6) is 0 Å². The summed E-state index contributed by atoms with van der Waals surface area (Å²) in [5.74, 6) is 0.733. The molecule has 5 nitrogen and oxygen atoms in total. The summed E-state index contributed by atoms with van der Waals surface area (Å²) in [6, 6.07) is 0.636. The largest absolute Gasteiger partial charge is 0.468 e. The van der Waals surface area contributed by atoms with Gasteiger partial charge >= 0.3 is 5.97 Å². The van der Waals surface area contributed by atoms with Crippen LogP contribution in [0.4, 0.5) is 0 Å². The lowest BCUT2D eigenvalue weighted by molar-refractivity contribution is -0.148. The van der Waals surface area contributed by atoms with Crippen molar-refractivity contribution in [3.05, 3.63) is 0 Å². The van der Waals surface area contributed by atoms with E-state index in [9.17, 15) is 4.79 Å². The maximum absolute atomic E-state index is 12.0. The average Bonchev–Trinajstić information content (AvgIpc) is 2.99. The fourth-order valence-corrected chi connectivity index (χ4v) is 4.20. The predicted octanol–water partition coefficient (Wildman–Crippen LogP) is 0.929. The van der Waals surface area contributed by atoms with Gasteiger partial charge in [-0.1, -0.05) is 13.3 Å². The van der Waals surface area contributed by atoms with Crippen molar-refractivity contribution in [3.8, 4) is 0 Å². The number of hydrogen-bond acceptors (Lipinski definition) is 5. The third-order valence-corrected chi connectivity index (χ3v) is 5.54. The van der Waals surface area contributed by atoms with E-state index in [2.05, 4.69) is 30.8 Å². The van der Waals surface area contributed by atoms with Crippen molar-refractivity contribution in [1.82, 2.24) is 9.80 Å². The van der Waals surface area contributed by atoms with Crippen molar-refractivity contribution in [2.24, 2.45) is 17.6 Å². The zero-order valence-corrected chi connectivity index (χ0v) is 14.0. The van der Waals surface area contributed by atoms with E-state index in [1.165, 1.54) is 7.11 Å². The van der Waals surface area contributed by atoms with E-state index in [4.69, 9.17) is 10.5 Å². The molecule has 2 rings (SSSR count). The van der Waals surface area contributed by atoms with Crippen LogP contribution in [-0.2, 0) is 9.53 Å². The lowest BCUT2D eigenvalue weighted by Crippen LogP contribution is -2.52. The number of likely N-dealkylation sites (N-methyl/N-ethyl adjacent to an activating group) is 1. The molecule has 1 heterocycles.